The van der Waals surface area contributed by atoms with Gasteiger partial charge < -0.3 is 15.1 Å². The lowest BCUT2D eigenvalue weighted by atomic mass is 10.2. The largest absolute Gasteiger partial charge is 0.507 e. The Labute approximate surface area is 128 Å². The lowest BCUT2D eigenvalue weighted by molar-refractivity contribution is 0.0694. The molecule has 0 aromatic heterocycles. The number of nitrogens with one attached hydrogen (secondary N) is 1. The van der Waals surface area contributed by atoms with Gasteiger partial charge in [-0.2, -0.15) is 5.10 Å². The predicted molar refractivity (Wildman–Crippen MR) is 87.1 cm³/mol. The van der Waals surface area contributed by atoms with Crippen LogP contribution in [0.25, 0.3) is 0 Å². The standard InChI is InChI=1S/C16H17N3O3/c1-19(2)13-6-3-11(4-7-13)10-17-18-12-5-8-15(20)14(9-12)16(21)22/h3-10,18,20H,1-2H3,(H,21,22). The van der Waals surface area contributed by atoms with Gasteiger partial charge in [-0.05, 0) is 35.9 Å². The molecule has 0 amide bonds. The summed E-state index contributed by atoms with van der Waals surface area (Å²) in [7, 11) is 3.94. The Morgan fingerprint density at radius 3 is 2.45 bits per heavy atom. The fourth-order valence-corrected chi connectivity index (χ4v) is 1.82. The second kappa shape index (κ2) is 6.62. The molecule has 0 atom stereocenters. The van der Waals surface area contributed by atoms with Crippen molar-refractivity contribution in [1.29, 1.82) is 0 Å². The van der Waals surface area contributed by atoms with Crippen molar-refractivity contribution in [3.05, 3.63) is 53.6 Å². The topological polar surface area (TPSA) is 85.2 Å². The molecular weight excluding hydrogens is 282 g/mol. The van der Waals surface area contributed by atoms with Gasteiger partial charge in [0.25, 0.3) is 0 Å². The van der Waals surface area contributed by atoms with Crippen molar-refractivity contribution >= 4 is 23.6 Å². The number of hydrogen-bond acceptors (Lipinski definition) is 5. The van der Waals surface area contributed by atoms with Crippen molar-refractivity contribution in [3.8, 4) is 5.75 Å². The highest BCUT2D eigenvalue weighted by Gasteiger charge is 2.09. The first kappa shape index (κ1) is 15.4. The Bertz CT molecular complexity index is 694. The van der Waals surface area contributed by atoms with Gasteiger partial charge in [0.15, 0.2) is 0 Å². The number of hydrazone groups is 1. The van der Waals surface area contributed by atoms with E-state index < -0.39 is 5.97 Å². The maximum Gasteiger partial charge on any atom is 0.339 e. The number of nitrogens with zero attached hydrogens (tertiary/aromatic N) is 2. The zero-order valence-electron chi connectivity index (χ0n) is 12.3. The molecule has 6 heteroatoms. The maximum atomic E-state index is 10.9. The third-order valence-electron chi connectivity index (χ3n) is 3.04. The van der Waals surface area contributed by atoms with Crippen LogP contribution in [-0.2, 0) is 0 Å². The van der Waals surface area contributed by atoms with E-state index in [2.05, 4.69) is 10.5 Å². The normalized spacial score (nSPS) is 10.6. The molecule has 0 fully saturated rings. The molecule has 0 unspecified atom stereocenters. The molecule has 0 saturated heterocycles. The Hall–Kier alpha value is -3.02. The summed E-state index contributed by atoms with van der Waals surface area (Å²) in [6.45, 7) is 0. The van der Waals surface area contributed by atoms with E-state index in [4.69, 9.17) is 5.11 Å². The first-order valence-electron chi connectivity index (χ1n) is 6.60. The van der Waals surface area contributed by atoms with Crippen molar-refractivity contribution in [2.45, 2.75) is 0 Å². The molecule has 0 radical (unpaired) electrons. The van der Waals surface area contributed by atoms with Crippen LogP contribution in [0.5, 0.6) is 5.75 Å². The Morgan fingerprint density at radius 2 is 1.86 bits per heavy atom. The Kier molecular flexibility index (Phi) is 4.63. The van der Waals surface area contributed by atoms with Gasteiger partial charge >= 0.3 is 5.97 Å². The van der Waals surface area contributed by atoms with Crippen LogP contribution in [-0.4, -0.2) is 36.5 Å². The lowest BCUT2D eigenvalue weighted by Crippen LogP contribution is -2.08. The molecule has 3 N–H and O–H groups in total. The van der Waals surface area contributed by atoms with E-state index in [0.29, 0.717) is 5.69 Å². The zero-order chi connectivity index (χ0) is 16.1. The van der Waals surface area contributed by atoms with Crippen LogP contribution >= 0.6 is 0 Å². The molecule has 2 rings (SSSR count). The first-order chi connectivity index (χ1) is 10.5. The zero-order valence-corrected chi connectivity index (χ0v) is 12.3. The summed E-state index contributed by atoms with van der Waals surface area (Å²) in [4.78, 5) is 12.9. The minimum absolute atomic E-state index is 0.171. The fraction of sp³-hybridized carbons (Fsp3) is 0.125. The SMILES string of the molecule is CN(C)c1ccc(C=NNc2ccc(O)c(C(=O)O)c2)cc1. The van der Waals surface area contributed by atoms with E-state index in [9.17, 15) is 9.90 Å². The molecule has 0 heterocycles. The van der Waals surface area contributed by atoms with E-state index in [-0.39, 0.29) is 11.3 Å². The summed E-state index contributed by atoms with van der Waals surface area (Å²) in [5.74, 6) is -1.47. The van der Waals surface area contributed by atoms with Crippen molar-refractivity contribution in [3.63, 3.8) is 0 Å². The Morgan fingerprint density at radius 1 is 1.18 bits per heavy atom. The van der Waals surface area contributed by atoms with Crippen molar-refractivity contribution in [2.75, 3.05) is 24.4 Å². The van der Waals surface area contributed by atoms with E-state index in [1.54, 1.807) is 12.3 Å². The second-order valence-electron chi connectivity index (χ2n) is 4.89. The average Bonchev–Trinajstić information content (AvgIpc) is 2.49. The number of rotatable bonds is 5. The van der Waals surface area contributed by atoms with Crippen molar-refractivity contribution in [2.24, 2.45) is 5.10 Å². The number of hydrogen-bond donors (Lipinski definition) is 3. The molecule has 0 aliphatic heterocycles. The number of carboxylic acids is 1. The third kappa shape index (κ3) is 3.76. The van der Waals surface area contributed by atoms with Gasteiger partial charge in [0.1, 0.15) is 11.3 Å². The van der Waals surface area contributed by atoms with Crippen LogP contribution < -0.4 is 10.3 Å². The van der Waals surface area contributed by atoms with Crippen LogP contribution in [0.15, 0.2) is 47.6 Å². The highest BCUT2D eigenvalue weighted by atomic mass is 16.4. The lowest BCUT2D eigenvalue weighted by Gasteiger charge is -2.11. The maximum absolute atomic E-state index is 10.9. The highest BCUT2D eigenvalue weighted by Crippen LogP contribution is 2.21. The smallest absolute Gasteiger partial charge is 0.339 e. The van der Waals surface area contributed by atoms with Crippen LogP contribution in [0.1, 0.15) is 15.9 Å². The van der Waals surface area contributed by atoms with Gasteiger partial charge in [0.05, 0.1) is 11.9 Å². The second-order valence-corrected chi connectivity index (χ2v) is 4.89. The van der Waals surface area contributed by atoms with Gasteiger partial charge in [-0.25, -0.2) is 4.79 Å². The van der Waals surface area contributed by atoms with Crippen LogP contribution in [0, 0.1) is 0 Å². The summed E-state index contributed by atoms with van der Waals surface area (Å²) in [6, 6.07) is 12.0. The van der Waals surface area contributed by atoms with E-state index in [0.717, 1.165) is 11.3 Å². The summed E-state index contributed by atoms with van der Waals surface area (Å²) in [6.07, 6.45) is 1.63. The summed E-state index contributed by atoms with van der Waals surface area (Å²) >= 11 is 0. The van der Waals surface area contributed by atoms with Crippen LogP contribution in [0.2, 0.25) is 0 Å². The molecule has 0 aliphatic carbocycles. The molecule has 114 valence electrons. The minimum Gasteiger partial charge on any atom is -0.507 e. The number of anilines is 2. The Balaban J connectivity index is 2.06. The quantitative estimate of drug-likeness (QED) is 0.449. The number of aromatic hydroxyl groups is 1. The molecule has 6 nitrogen and oxygen atoms in total. The number of benzene rings is 2. The molecular formula is C16H17N3O3. The van der Waals surface area contributed by atoms with Gasteiger partial charge in [-0.3, -0.25) is 5.43 Å². The van der Waals surface area contributed by atoms with E-state index in [1.807, 2.05) is 43.3 Å². The van der Waals surface area contributed by atoms with Crippen LogP contribution in [0.4, 0.5) is 11.4 Å². The molecule has 22 heavy (non-hydrogen) atoms. The third-order valence-corrected chi connectivity index (χ3v) is 3.04. The summed E-state index contributed by atoms with van der Waals surface area (Å²) in [5.41, 5.74) is 5.05. The minimum atomic E-state index is -1.19. The van der Waals surface area contributed by atoms with Crippen molar-refractivity contribution < 1.29 is 15.0 Å². The highest BCUT2D eigenvalue weighted by molar-refractivity contribution is 5.92. The van der Waals surface area contributed by atoms with Gasteiger partial charge in [-0.15, -0.1) is 0 Å². The molecule has 0 aliphatic rings. The fourth-order valence-electron chi connectivity index (χ4n) is 1.82. The van der Waals surface area contributed by atoms with Gasteiger partial charge in [0, 0.05) is 19.8 Å². The summed E-state index contributed by atoms with van der Waals surface area (Å²) in [5, 5.41) is 22.4. The first-order valence-corrected chi connectivity index (χ1v) is 6.60. The number of phenols is 1. The molecule has 0 bridgehead atoms. The molecule has 2 aromatic rings. The predicted octanol–water partition coefficient (Wildman–Crippen LogP) is 2.60. The van der Waals surface area contributed by atoms with E-state index in [1.165, 1.54) is 12.1 Å². The van der Waals surface area contributed by atoms with Gasteiger partial charge in [-0.1, -0.05) is 12.1 Å². The number of carbonyl (C=O) groups is 1. The molecule has 2 aromatic carbocycles. The molecule has 0 spiro atoms. The number of aromatic carboxylic acids is 1. The number of carboxylic acid groups (broad SMARTS) is 1. The molecule has 0 saturated carbocycles. The van der Waals surface area contributed by atoms with E-state index >= 15 is 0 Å². The monoisotopic (exact) mass is 299 g/mol. The average molecular weight is 299 g/mol. The van der Waals surface area contributed by atoms with Gasteiger partial charge in [0.2, 0.25) is 0 Å². The van der Waals surface area contributed by atoms with Crippen molar-refractivity contribution in [1.82, 2.24) is 0 Å². The van der Waals surface area contributed by atoms with Crippen LogP contribution in [0.3, 0.4) is 0 Å². The summed E-state index contributed by atoms with van der Waals surface area (Å²) < 4.78 is 0.